The lowest BCUT2D eigenvalue weighted by molar-refractivity contribution is -0.126. The lowest BCUT2D eigenvalue weighted by Crippen LogP contribution is -2.35. The minimum absolute atomic E-state index is 0.0121. The molecular formula is C13H16N2O4S. The van der Waals surface area contributed by atoms with Crippen LogP contribution in [0, 0.1) is 12.8 Å². The number of fused-ring (bicyclic) bond motifs is 2. The highest BCUT2D eigenvalue weighted by Crippen LogP contribution is 2.38. The van der Waals surface area contributed by atoms with Crippen LogP contribution in [0.5, 0.6) is 0 Å². The fourth-order valence-electron chi connectivity index (χ4n) is 2.93. The third kappa shape index (κ3) is 2.43. The number of hydrogen-bond donors (Lipinski definition) is 2. The largest absolute Gasteiger partial charge is 0.477 e. The Balaban J connectivity index is 1.58. The molecule has 1 aromatic heterocycles. The van der Waals surface area contributed by atoms with E-state index in [0.29, 0.717) is 10.7 Å². The zero-order valence-corrected chi connectivity index (χ0v) is 11.9. The first-order valence-electron chi connectivity index (χ1n) is 6.67. The third-order valence-corrected chi connectivity index (χ3v) is 5.04. The Labute approximate surface area is 120 Å². The van der Waals surface area contributed by atoms with Gasteiger partial charge in [0.25, 0.3) is 0 Å². The van der Waals surface area contributed by atoms with Crippen molar-refractivity contribution in [3.05, 3.63) is 15.6 Å². The predicted molar refractivity (Wildman–Crippen MR) is 71.7 cm³/mol. The molecule has 3 atom stereocenters. The second-order valence-electron chi connectivity index (χ2n) is 5.26. The van der Waals surface area contributed by atoms with Crippen LogP contribution >= 0.6 is 11.3 Å². The first-order chi connectivity index (χ1) is 9.54. The number of carboxylic acids is 1. The van der Waals surface area contributed by atoms with Gasteiger partial charge in [-0.2, -0.15) is 0 Å². The molecule has 108 valence electrons. The number of aryl methyl sites for hydroxylation is 1. The lowest BCUT2D eigenvalue weighted by Gasteiger charge is -2.17. The van der Waals surface area contributed by atoms with E-state index in [1.807, 2.05) is 0 Å². The van der Waals surface area contributed by atoms with E-state index in [4.69, 9.17) is 9.84 Å². The summed E-state index contributed by atoms with van der Waals surface area (Å²) in [5.41, 5.74) is 0.495. The minimum atomic E-state index is -0.973. The molecular weight excluding hydrogens is 280 g/mol. The molecule has 0 aliphatic carbocycles. The monoisotopic (exact) mass is 296 g/mol. The van der Waals surface area contributed by atoms with E-state index in [1.165, 1.54) is 0 Å². The Morgan fingerprint density at radius 3 is 2.85 bits per heavy atom. The van der Waals surface area contributed by atoms with Gasteiger partial charge in [0, 0.05) is 0 Å². The van der Waals surface area contributed by atoms with E-state index in [2.05, 4.69) is 10.3 Å². The van der Waals surface area contributed by atoms with Crippen molar-refractivity contribution >= 4 is 23.2 Å². The second kappa shape index (κ2) is 5.14. The second-order valence-corrected chi connectivity index (χ2v) is 6.34. The number of carboxylic acid groups (broad SMARTS) is 1. The Hall–Kier alpha value is -1.47. The predicted octanol–water partition coefficient (Wildman–Crippen LogP) is 1.33. The van der Waals surface area contributed by atoms with Crippen LogP contribution in [0.2, 0.25) is 0 Å². The highest BCUT2D eigenvalue weighted by Gasteiger charge is 2.44. The van der Waals surface area contributed by atoms with Crippen LogP contribution in [-0.2, 0) is 16.1 Å². The first-order valence-corrected chi connectivity index (χ1v) is 7.49. The number of ether oxygens (including phenoxy) is 1. The maximum Gasteiger partial charge on any atom is 0.347 e. The van der Waals surface area contributed by atoms with E-state index in [0.717, 1.165) is 30.6 Å². The van der Waals surface area contributed by atoms with Gasteiger partial charge in [0.15, 0.2) is 0 Å². The Morgan fingerprint density at radius 2 is 2.30 bits per heavy atom. The van der Waals surface area contributed by atoms with Crippen molar-refractivity contribution in [2.24, 2.45) is 5.92 Å². The molecule has 2 bridgehead atoms. The quantitative estimate of drug-likeness (QED) is 0.875. The Kier molecular flexibility index (Phi) is 3.47. The van der Waals surface area contributed by atoms with E-state index in [9.17, 15) is 9.59 Å². The molecule has 7 heteroatoms. The summed E-state index contributed by atoms with van der Waals surface area (Å²) in [6.07, 6.45) is 3.13. The molecule has 0 spiro atoms. The van der Waals surface area contributed by atoms with Crippen molar-refractivity contribution in [2.45, 2.75) is 44.9 Å². The van der Waals surface area contributed by atoms with Crippen LogP contribution < -0.4 is 5.32 Å². The van der Waals surface area contributed by atoms with Crippen LogP contribution in [-0.4, -0.2) is 34.2 Å². The molecule has 2 fully saturated rings. The topological polar surface area (TPSA) is 88.5 Å². The van der Waals surface area contributed by atoms with Gasteiger partial charge in [-0.3, -0.25) is 4.79 Å². The molecule has 6 nitrogen and oxygen atoms in total. The number of aromatic carboxylic acids is 1. The van der Waals surface area contributed by atoms with Gasteiger partial charge in [-0.1, -0.05) is 0 Å². The molecule has 0 radical (unpaired) electrons. The SMILES string of the molecule is Cc1nc(CNC(=O)C2CC3CCC2O3)sc1C(=O)O. The number of rotatable bonds is 4. The fourth-order valence-corrected chi connectivity index (χ4v) is 3.78. The zero-order chi connectivity index (χ0) is 14.3. The van der Waals surface area contributed by atoms with Gasteiger partial charge in [-0.05, 0) is 26.2 Å². The van der Waals surface area contributed by atoms with Gasteiger partial charge < -0.3 is 15.2 Å². The molecule has 2 saturated heterocycles. The van der Waals surface area contributed by atoms with Gasteiger partial charge in [-0.15, -0.1) is 11.3 Å². The van der Waals surface area contributed by atoms with Crippen LogP contribution in [0.25, 0.3) is 0 Å². The fraction of sp³-hybridized carbons (Fsp3) is 0.615. The number of hydrogen-bond acceptors (Lipinski definition) is 5. The molecule has 3 rings (SSSR count). The van der Waals surface area contributed by atoms with Crippen molar-refractivity contribution < 1.29 is 19.4 Å². The van der Waals surface area contributed by atoms with E-state index >= 15 is 0 Å². The van der Waals surface area contributed by atoms with Crippen molar-refractivity contribution in [2.75, 3.05) is 0 Å². The molecule has 0 saturated carbocycles. The molecule has 0 aromatic carbocycles. The highest BCUT2D eigenvalue weighted by atomic mass is 32.1. The molecule has 2 aliphatic heterocycles. The summed E-state index contributed by atoms with van der Waals surface area (Å²) in [7, 11) is 0. The number of carbonyl (C=O) groups excluding carboxylic acids is 1. The summed E-state index contributed by atoms with van der Waals surface area (Å²) in [5.74, 6) is -1.05. The van der Waals surface area contributed by atoms with E-state index in [-0.39, 0.29) is 35.5 Å². The maximum atomic E-state index is 12.1. The third-order valence-electron chi connectivity index (χ3n) is 3.89. The summed E-state index contributed by atoms with van der Waals surface area (Å²) in [6.45, 7) is 1.94. The van der Waals surface area contributed by atoms with Crippen molar-refractivity contribution in [1.29, 1.82) is 0 Å². The van der Waals surface area contributed by atoms with Gasteiger partial charge in [0.1, 0.15) is 9.88 Å². The maximum absolute atomic E-state index is 12.1. The first kappa shape index (κ1) is 13.5. The standard InChI is InChI=1S/C13H16N2O4S/c1-6-11(13(17)18)20-10(15-6)5-14-12(16)8-4-7-2-3-9(8)19-7/h7-9H,2-5H2,1H3,(H,14,16)(H,17,18). The van der Waals surface area contributed by atoms with Crippen LogP contribution in [0.15, 0.2) is 0 Å². The summed E-state index contributed by atoms with van der Waals surface area (Å²) in [6, 6.07) is 0. The minimum Gasteiger partial charge on any atom is -0.477 e. The lowest BCUT2D eigenvalue weighted by atomic mass is 9.88. The smallest absolute Gasteiger partial charge is 0.347 e. The molecule has 1 aromatic rings. The normalized spacial score (nSPS) is 27.8. The zero-order valence-electron chi connectivity index (χ0n) is 11.1. The molecule has 20 heavy (non-hydrogen) atoms. The van der Waals surface area contributed by atoms with Crippen molar-refractivity contribution in [3.63, 3.8) is 0 Å². The number of nitrogens with zero attached hydrogens (tertiary/aromatic N) is 1. The van der Waals surface area contributed by atoms with Gasteiger partial charge in [0.2, 0.25) is 5.91 Å². The number of carbonyl (C=O) groups is 2. The summed E-state index contributed by atoms with van der Waals surface area (Å²) < 4.78 is 5.66. The summed E-state index contributed by atoms with van der Waals surface area (Å²) in [5, 5.41) is 12.4. The number of amides is 1. The van der Waals surface area contributed by atoms with Crippen molar-refractivity contribution in [1.82, 2.24) is 10.3 Å². The Bertz CT molecular complexity index is 557. The van der Waals surface area contributed by atoms with Crippen molar-refractivity contribution in [3.8, 4) is 0 Å². The molecule has 1 amide bonds. The average Bonchev–Trinajstić information content (AvgIpc) is 3.10. The molecule has 2 N–H and O–H groups in total. The molecule has 3 unspecified atom stereocenters. The van der Waals surface area contributed by atoms with Gasteiger partial charge in [0.05, 0.1) is 30.4 Å². The number of nitrogens with one attached hydrogen (secondary N) is 1. The Morgan fingerprint density at radius 1 is 1.50 bits per heavy atom. The summed E-state index contributed by atoms with van der Waals surface area (Å²) in [4.78, 5) is 27.4. The van der Waals surface area contributed by atoms with Crippen LogP contribution in [0.3, 0.4) is 0 Å². The average molecular weight is 296 g/mol. The van der Waals surface area contributed by atoms with E-state index < -0.39 is 5.97 Å². The number of thiazole rings is 1. The van der Waals surface area contributed by atoms with E-state index in [1.54, 1.807) is 6.92 Å². The molecule has 2 aliphatic rings. The summed E-state index contributed by atoms with van der Waals surface area (Å²) >= 11 is 1.11. The van der Waals surface area contributed by atoms with Crippen LogP contribution in [0.1, 0.15) is 39.6 Å². The van der Waals surface area contributed by atoms with Crippen LogP contribution in [0.4, 0.5) is 0 Å². The van der Waals surface area contributed by atoms with Gasteiger partial charge >= 0.3 is 5.97 Å². The molecule has 3 heterocycles. The number of aromatic nitrogens is 1. The highest BCUT2D eigenvalue weighted by molar-refractivity contribution is 7.13. The van der Waals surface area contributed by atoms with Gasteiger partial charge in [-0.25, -0.2) is 9.78 Å².